The molecule has 0 bridgehead atoms. The molecule has 1 fully saturated rings. The van der Waals surface area contributed by atoms with E-state index in [2.05, 4.69) is 12.2 Å². The number of hydrogen-bond acceptors (Lipinski definition) is 3. The van der Waals surface area contributed by atoms with Crippen LogP contribution in [0.15, 0.2) is 0 Å². The maximum Gasteiger partial charge on any atom is 0.239 e. The minimum absolute atomic E-state index is 0.0173. The zero-order valence-electron chi connectivity index (χ0n) is 12.9. The van der Waals surface area contributed by atoms with Crippen molar-refractivity contribution in [2.45, 2.75) is 46.1 Å². The Bertz CT molecular complexity index is 267. The smallest absolute Gasteiger partial charge is 0.239 e. The highest BCUT2D eigenvalue weighted by atomic mass is 16.5. The molecule has 1 aliphatic rings. The Morgan fingerprint density at radius 3 is 2.68 bits per heavy atom. The highest BCUT2D eigenvalue weighted by Gasteiger charge is 2.31. The number of likely N-dealkylation sites (N-methyl/N-ethyl adjacent to an activating group) is 1. The normalized spacial score (nSPS) is 25.1. The van der Waals surface area contributed by atoms with Crippen molar-refractivity contribution < 1.29 is 9.53 Å². The van der Waals surface area contributed by atoms with Gasteiger partial charge in [-0.25, -0.2) is 0 Å². The predicted octanol–water partition coefficient (Wildman–Crippen LogP) is 1.90. The number of piperidine rings is 1. The molecule has 0 aromatic rings. The van der Waals surface area contributed by atoms with Gasteiger partial charge in [0.25, 0.3) is 0 Å². The molecule has 1 amide bonds. The van der Waals surface area contributed by atoms with Crippen molar-refractivity contribution in [3.8, 4) is 0 Å². The van der Waals surface area contributed by atoms with Crippen LogP contribution in [0.3, 0.4) is 0 Å². The number of hydrogen-bond donors (Lipinski definition) is 1. The molecule has 19 heavy (non-hydrogen) atoms. The Balaban J connectivity index is 2.51. The molecular weight excluding hydrogens is 240 g/mol. The number of amides is 1. The van der Waals surface area contributed by atoms with Crippen LogP contribution in [0.5, 0.6) is 0 Å². The summed E-state index contributed by atoms with van der Waals surface area (Å²) in [7, 11) is 1.75. The Morgan fingerprint density at radius 2 is 2.11 bits per heavy atom. The van der Waals surface area contributed by atoms with Crippen LogP contribution in [0.1, 0.15) is 40.0 Å². The summed E-state index contributed by atoms with van der Waals surface area (Å²) in [5.74, 6) is 1.55. The van der Waals surface area contributed by atoms with Gasteiger partial charge in [-0.1, -0.05) is 6.92 Å². The van der Waals surface area contributed by atoms with Crippen molar-refractivity contribution in [3.63, 3.8) is 0 Å². The molecule has 112 valence electrons. The van der Waals surface area contributed by atoms with Crippen molar-refractivity contribution >= 4 is 5.91 Å². The number of carbonyl (C=O) groups is 1. The van der Waals surface area contributed by atoms with Crippen molar-refractivity contribution in [2.75, 3.05) is 33.4 Å². The van der Waals surface area contributed by atoms with E-state index in [-0.39, 0.29) is 11.9 Å². The summed E-state index contributed by atoms with van der Waals surface area (Å²) in [6.45, 7) is 9.76. The molecule has 1 rings (SSSR count). The summed E-state index contributed by atoms with van der Waals surface area (Å²) in [5, 5.41) is 3.39. The van der Waals surface area contributed by atoms with E-state index >= 15 is 0 Å². The first-order valence-corrected chi connectivity index (χ1v) is 7.65. The molecule has 0 radical (unpaired) electrons. The van der Waals surface area contributed by atoms with Crippen LogP contribution in [0, 0.1) is 11.8 Å². The van der Waals surface area contributed by atoms with E-state index in [0.717, 1.165) is 39.1 Å². The van der Waals surface area contributed by atoms with Crippen molar-refractivity contribution in [1.82, 2.24) is 10.2 Å². The first kappa shape index (κ1) is 16.4. The fourth-order valence-corrected chi connectivity index (χ4v) is 2.95. The van der Waals surface area contributed by atoms with Gasteiger partial charge in [0.15, 0.2) is 0 Å². The van der Waals surface area contributed by atoms with Crippen LogP contribution in [0.2, 0.25) is 0 Å². The highest BCUT2D eigenvalue weighted by molar-refractivity contribution is 5.82. The molecule has 0 aliphatic carbocycles. The van der Waals surface area contributed by atoms with Crippen LogP contribution in [-0.2, 0) is 9.53 Å². The minimum atomic E-state index is 0.0173. The average Bonchev–Trinajstić information content (AvgIpc) is 2.46. The molecule has 1 N–H and O–H groups in total. The molecule has 1 heterocycles. The molecule has 0 aromatic heterocycles. The fraction of sp³-hybridized carbons (Fsp3) is 0.933. The summed E-state index contributed by atoms with van der Waals surface area (Å²) in [6.07, 6.45) is 3.24. The van der Waals surface area contributed by atoms with Crippen LogP contribution >= 0.6 is 0 Å². The van der Waals surface area contributed by atoms with Gasteiger partial charge in [-0.05, 0) is 51.5 Å². The number of nitrogens with one attached hydrogen (secondary N) is 1. The van der Waals surface area contributed by atoms with Crippen LogP contribution in [-0.4, -0.2) is 50.2 Å². The molecule has 1 aliphatic heterocycles. The van der Waals surface area contributed by atoms with Gasteiger partial charge in [0.05, 0.1) is 6.04 Å². The number of rotatable bonds is 7. The average molecular weight is 270 g/mol. The van der Waals surface area contributed by atoms with Crippen molar-refractivity contribution in [1.29, 1.82) is 0 Å². The number of ether oxygens (including phenoxy) is 1. The van der Waals surface area contributed by atoms with E-state index in [1.807, 2.05) is 18.7 Å². The quantitative estimate of drug-likeness (QED) is 0.768. The Hall–Kier alpha value is -0.610. The molecule has 4 nitrogen and oxygen atoms in total. The van der Waals surface area contributed by atoms with E-state index in [4.69, 9.17) is 4.74 Å². The van der Waals surface area contributed by atoms with Crippen LogP contribution < -0.4 is 5.32 Å². The fourth-order valence-electron chi connectivity index (χ4n) is 2.95. The lowest BCUT2D eigenvalue weighted by atomic mass is 9.81. The van der Waals surface area contributed by atoms with Crippen molar-refractivity contribution in [3.05, 3.63) is 0 Å². The molecule has 0 spiro atoms. The van der Waals surface area contributed by atoms with Gasteiger partial charge in [-0.3, -0.25) is 4.79 Å². The van der Waals surface area contributed by atoms with E-state index in [1.165, 1.54) is 6.42 Å². The van der Waals surface area contributed by atoms with Gasteiger partial charge in [0.2, 0.25) is 5.91 Å². The third kappa shape index (κ3) is 4.77. The SMILES string of the molecule is CCN(CC)C(=O)C1CC(C(C)CCOC)CCN1. The van der Waals surface area contributed by atoms with Gasteiger partial charge in [0.1, 0.15) is 0 Å². The number of carbonyl (C=O) groups excluding carboxylic acids is 1. The molecule has 4 heteroatoms. The van der Waals surface area contributed by atoms with Crippen LogP contribution in [0.4, 0.5) is 0 Å². The van der Waals surface area contributed by atoms with Gasteiger partial charge < -0.3 is 15.0 Å². The maximum atomic E-state index is 12.4. The lowest BCUT2D eigenvalue weighted by Gasteiger charge is -2.35. The first-order valence-electron chi connectivity index (χ1n) is 7.65. The predicted molar refractivity (Wildman–Crippen MR) is 78.1 cm³/mol. The molecular formula is C15H30N2O2. The monoisotopic (exact) mass is 270 g/mol. The summed E-state index contributed by atoms with van der Waals surface area (Å²) in [6, 6.07) is 0.0173. The topological polar surface area (TPSA) is 41.6 Å². The Labute approximate surface area is 117 Å². The van der Waals surface area contributed by atoms with Crippen LogP contribution in [0.25, 0.3) is 0 Å². The van der Waals surface area contributed by atoms with Gasteiger partial charge in [-0.15, -0.1) is 0 Å². The summed E-state index contributed by atoms with van der Waals surface area (Å²) < 4.78 is 5.16. The molecule has 1 saturated heterocycles. The van der Waals surface area contributed by atoms with E-state index in [0.29, 0.717) is 11.8 Å². The molecule has 3 unspecified atom stereocenters. The van der Waals surface area contributed by atoms with Gasteiger partial charge in [-0.2, -0.15) is 0 Å². The second-order valence-electron chi connectivity index (χ2n) is 5.56. The van der Waals surface area contributed by atoms with E-state index in [9.17, 15) is 4.79 Å². The third-order valence-electron chi connectivity index (χ3n) is 4.40. The Kier molecular flexibility index (Phi) is 7.39. The summed E-state index contributed by atoms with van der Waals surface area (Å²) in [4.78, 5) is 14.3. The minimum Gasteiger partial charge on any atom is -0.385 e. The second kappa shape index (κ2) is 8.54. The molecule has 0 saturated carbocycles. The lowest BCUT2D eigenvalue weighted by Crippen LogP contribution is -2.51. The van der Waals surface area contributed by atoms with Gasteiger partial charge in [0, 0.05) is 26.8 Å². The highest BCUT2D eigenvalue weighted by Crippen LogP contribution is 2.27. The van der Waals surface area contributed by atoms with Crippen molar-refractivity contribution in [2.24, 2.45) is 11.8 Å². The van der Waals surface area contributed by atoms with E-state index in [1.54, 1.807) is 7.11 Å². The second-order valence-corrected chi connectivity index (χ2v) is 5.56. The number of methoxy groups -OCH3 is 1. The van der Waals surface area contributed by atoms with E-state index < -0.39 is 0 Å². The standard InChI is InChI=1S/C15H30N2O2/c1-5-17(6-2)15(18)14-11-13(7-9-16-14)12(3)8-10-19-4/h12-14,16H,5-11H2,1-4H3. The van der Waals surface area contributed by atoms with Gasteiger partial charge >= 0.3 is 0 Å². The summed E-state index contributed by atoms with van der Waals surface area (Å²) >= 11 is 0. The first-order chi connectivity index (χ1) is 9.13. The zero-order chi connectivity index (χ0) is 14.3. The molecule has 0 aromatic carbocycles. The maximum absolute atomic E-state index is 12.4. The molecule has 3 atom stereocenters. The zero-order valence-corrected chi connectivity index (χ0v) is 12.9. The third-order valence-corrected chi connectivity index (χ3v) is 4.40. The number of nitrogens with zero attached hydrogens (tertiary/aromatic N) is 1. The lowest BCUT2D eigenvalue weighted by molar-refractivity contribution is -0.134. The Morgan fingerprint density at radius 1 is 1.42 bits per heavy atom. The largest absolute Gasteiger partial charge is 0.385 e. The summed E-state index contributed by atoms with van der Waals surface area (Å²) in [5.41, 5.74) is 0.